The van der Waals surface area contributed by atoms with Gasteiger partial charge in [0.05, 0.1) is 12.9 Å². The summed E-state index contributed by atoms with van der Waals surface area (Å²) < 4.78 is 7.06. The highest BCUT2D eigenvalue weighted by Crippen LogP contribution is 2.31. The molecule has 0 aliphatic carbocycles. The molecule has 3 heterocycles. The Hall–Kier alpha value is -2.11. The second kappa shape index (κ2) is 7.85. The molecule has 10 nitrogen and oxygen atoms in total. The third-order valence-electron chi connectivity index (χ3n) is 3.93. The minimum Gasteiger partial charge on any atom is -0.412 e. The summed E-state index contributed by atoms with van der Waals surface area (Å²) in [5.41, 5.74) is 2.20. The number of aromatic nitrogens is 4. The van der Waals surface area contributed by atoms with Gasteiger partial charge in [-0.2, -0.15) is 0 Å². The van der Waals surface area contributed by atoms with E-state index >= 15 is 0 Å². The Balaban J connectivity index is 0.00000225. The number of imidazole rings is 1. The first-order valence-electron chi connectivity index (χ1n) is 7.70. The molecule has 1 aliphatic rings. The van der Waals surface area contributed by atoms with E-state index in [1.54, 1.807) is 0 Å². The van der Waals surface area contributed by atoms with E-state index in [9.17, 15) is 15.3 Å². The maximum Gasteiger partial charge on any atom is 0.167 e. The summed E-state index contributed by atoms with van der Waals surface area (Å²) in [5, 5.41) is 32.4. The molecule has 1 saturated heterocycles. The normalized spacial score (nSPS) is 25.6. The zero-order valence-corrected chi connectivity index (χ0v) is 14.0. The zero-order chi connectivity index (χ0) is 17.3. The fourth-order valence-corrected chi connectivity index (χ4v) is 2.63. The van der Waals surface area contributed by atoms with Gasteiger partial charge in [0.25, 0.3) is 0 Å². The van der Waals surface area contributed by atoms with Crippen LogP contribution in [-0.2, 0) is 4.74 Å². The van der Waals surface area contributed by atoms with Crippen molar-refractivity contribution < 1.29 is 25.5 Å². The molecular weight excluding hydrogens is 330 g/mol. The van der Waals surface area contributed by atoms with Crippen molar-refractivity contribution in [1.82, 2.24) is 19.5 Å². The molecule has 25 heavy (non-hydrogen) atoms. The lowest BCUT2D eigenvalue weighted by molar-refractivity contribution is -0.0511. The van der Waals surface area contributed by atoms with E-state index < -0.39 is 24.5 Å². The highest BCUT2D eigenvalue weighted by atomic mass is 16.6. The number of allylic oxidation sites excluding steroid dienone is 1. The Kier molecular flexibility index (Phi) is 6.03. The Bertz CT molecular complexity index is 745. The van der Waals surface area contributed by atoms with Crippen LogP contribution in [0.15, 0.2) is 24.3 Å². The van der Waals surface area contributed by atoms with Gasteiger partial charge in [0, 0.05) is 6.54 Å². The van der Waals surface area contributed by atoms with Crippen LogP contribution in [0.4, 0.5) is 5.82 Å². The van der Waals surface area contributed by atoms with Gasteiger partial charge in [-0.1, -0.05) is 11.6 Å². The molecule has 0 aromatic carbocycles. The summed E-state index contributed by atoms with van der Waals surface area (Å²) in [6.07, 6.45) is 0.823. The summed E-state index contributed by atoms with van der Waals surface area (Å²) >= 11 is 0. The number of hydrogen-bond donors (Lipinski definition) is 4. The molecule has 0 radical (unpaired) electrons. The van der Waals surface area contributed by atoms with E-state index in [0.29, 0.717) is 23.5 Å². The molecule has 3 rings (SSSR count). The Morgan fingerprint density at radius 3 is 2.68 bits per heavy atom. The molecule has 0 spiro atoms. The average Bonchev–Trinajstić information content (AvgIpc) is 3.10. The van der Waals surface area contributed by atoms with E-state index in [2.05, 4.69) is 20.3 Å². The van der Waals surface area contributed by atoms with Crippen molar-refractivity contribution in [2.24, 2.45) is 0 Å². The number of nitrogens with one attached hydrogen (secondary N) is 1. The van der Waals surface area contributed by atoms with Crippen LogP contribution in [-0.4, -0.2) is 71.8 Å². The molecular formula is C15H23N5O5. The second-order valence-electron chi connectivity index (χ2n) is 5.94. The van der Waals surface area contributed by atoms with E-state index in [0.717, 1.165) is 0 Å². The van der Waals surface area contributed by atoms with Crippen molar-refractivity contribution in [3.05, 3.63) is 24.3 Å². The Morgan fingerprint density at radius 1 is 1.28 bits per heavy atom. The largest absolute Gasteiger partial charge is 0.412 e. The van der Waals surface area contributed by atoms with Crippen molar-refractivity contribution in [3.63, 3.8) is 0 Å². The van der Waals surface area contributed by atoms with Crippen molar-refractivity contribution in [1.29, 1.82) is 0 Å². The van der Waals surface area contributed by atoms with Gasteiger partial charge in [0.15, 0.2) is 23.2 Å². The Labute approximate surface area is 144 Å². The van der Waals surface area contributed by atoms with E-state index in [-0.39, 0.29) is 12.1 Å². The van der Waals surface area contributed by atoms with Crippen molar-refractivity contribution >= 4 is 17.0 Å². The first-order valence-corrected chi connectivity index (χ1v) is 7.70. The quantitative estimate of drug-likeness (QED) is 0.498. The topological polar surface area (TPSA) is 157 Å². The minimum atomic E-state index is -1.18. The van der Waals surface area contributed by atoms with Crippen LogP contribution < -0.4 is 5.32 Å². The molecule has 0 bridgehead atoms. The van der Waals surface area contributed by atoms with Gasteiger partial charge in [-0.25, -0.2) is 15.0 Å². The molecule has 2 aromatic heterocycles. The molecule has 10 heteroatoms. The van der Waals surface area contributed by atoms with Crippen LogP contribution in [0.25, 0.3) is 11.2 Å². The van der Waals surface area contributed by atoms with Crippen LogP contribution in [0.2, 0.25) is 0 Å². The average molecular weight is 353 g/mol. The van der Waals surface area contributed by atoms with Crippen LogP contribution in [0.3, 0.4) is 0 Å². The van der Waals surface area contributed by atoms with E-state index in [4.69, 9.17) is 4.74 Å². The van der Waals surface area contributed by atoms with Gasteiger partial charge in [0.2, 0.25) is 0 Å². The molecule has 0 saturated carbocycles. The predicted octanol–water partition coefficient (Wildman–Crippen LogP) is -1.01. The van der Waals surface area contributed by atoms with Crippen LogP contribution in [0, 0.1) is 0 Å². The molecule has 1 unspecified atom stereocenters. The van der Waals surface area contributed by atoms with Gasteiger partial charge in [-0.3, -0.25) is 4.57 Å². The van der Waals surface area contributed by atoms with Crippen molar-refractivity contribution in [2.45, 2.75) is 38.4 Å². The second-order valence-corrected chi connectivity index (χ2v) is 5.94. The molecule has 1 aliphatic heterocycles. The molecule has 4 atom stereocenters. The van der Waals surface area contributed by atoms with Gasteiger partial charge in [0.1, 0.15) is 24.6 Å². The summed E-state index contributed by atoms with van der Waals surface area (Å²) in [7, 11) is 0. The van der Waals surface area contributed by atoms with Crippen LogP contribution >= 0.6 is 0 Å². The molecule has 138 valence electrons. The monoisotopic (exact) mass is 353 g/mol. The lowest BCUT2D eigenvalue weighted by atomic mass is 10.1. The number of nitrogens with zero attached hydrogens (tertiary/aromatic N) is 4. The maximum atomic E-state index is 10.2. The number of anilines is 1. The fraction of sp³-hybridized carbons (Fsp3) is 0.533. The SMILES string of the molecule is CC(C)=CCNc1ncnc2c1ncn2[C@@H]1O[C@H](CO)[C@H](O)C1O.O. The number of ether oxygens (including phenoxy) is 1. The molecule has 0 amide bonds. The van der Waals surface area contributed by atoms with Crippen LogP contribution in [0.1, 0.15) is 20.1 Å². The van der Waals surface area contributed by atoms with Crippen LogP contribution in [0.5, 0.6) is 0 Å². The first-order chi connectivity index (χ1) is 11.5. The summed E-state index contributed by atoms with van der Waals surface area (Å²) in [6.45, 7) is 4.24. The highest BCUT2D eigenvalue weighted by molar-refractivity contribution is 5.82. The third-order valence-corrected chi connectivity index (χ3v) is 3.93. The predicted molar refractivity (Wildman–Crippen MR) is 89.9 cm³/mol. The number of fused-ring (bicyclic) bond motifs is 1. The van der Waals surface area contributed by atoms with Gasteiger partial charge in [-0.15, -0.1) is 0 Å². The van der Waals surface area contributed by atoms with Gasteiger partial charge < -0.3 is 30.8 Å². The molecule has 1 fully saturated rings. The van der Waals surface area contributed by atoms with Gasteiger partial charge in [-0.05, 0) is 13.8 Å². The summed E-state index contributed by atoms with van der Waals surface area (Å²) in [4.78, 5) is 12.7. The van der Waals surface area contributed by atoms with Crippen molar-refractivity contribution in [3.8, 4) is 0 Å². The summed E-state index contributed by atoms with van der Waals surface area (Å²) in [6, 6.07) is 0. The summed E-state index contributed by atoms with van der Waals surface area (Å²) in [5.74, 6) is 0.572. The number of aliphatic hydroxyl groups is 3. The fourth-order valence-electron chi connectivity index (χ4n) is 2.63. The number of aliphatic hydroxyl groups excluding tert-OH is 3. The number of hydrogen-bond acceptors (Lipinski definition) is 8. The first kappa shape index (κ1) is 19.2. The van der Waals surface area contributed by atoms with E-state index in [1.165, 1.54) is 22.8 Å². The van der Waals surface area contributed by atoms with Gasteiger partial charge >= 0.3 is 0 Å². The maximum absolute atomic E-state index is 10.2. The zero-order valence-electron chi connectivity index (χ0n) is 14.0. The minimum absolute atomic E-state index is 0. The third kappa shape index (κ3) is 3.62. The van der Waals surface area contributed by atoms with Crippen molar-refractivity contribution in [2.75, 3.05) is 18.5 Å². The standard InChI is InChI=1S/C15H21N5O4.H2O/c1-8(2)3-4-16-13-10-14(18-6-17-13)20(7-19-10)15-12(23)11(22)9(5-21)24-15;/h3,6-7,9,11-12,15,21-23H,4-5H2,1-2H3,(H,16,17,18);1H2/t9-,11+,12?,15-;/m1./s1. The Morgan fingerprint density at radius 2 is 2.04 bits per heavy atom. The van der Waals surface area contributed by atoms with E-state index in [1.807, 2.05) is 19.9 Å². The molecule has 2 aromatic rings. The lowest BCUT2D eigenvalue weighted by Gasteiger charge is -2.16. The molecule has 6 N–H and O–H groups in total. The lowest BCUT2D eigenvalue weighted by Crippen LogP contribution is -2.33. The number of rotatable bonds is 5. The highest BCUT2D eigenvalue weighted by Gasteiger charge is 2.43. The smallest absolute Gasteiger partial charge is 0.167 e.